The first-order valence-corrected chi connectivity index (χ1v) is 18.1. The summed E-state index contributed by atoms with van der Waals surface area (Å²) < 4.78 is 56.6. The van der Waals surface area contributed by atoms with Gasteiger partial charge < -0.3 is 34.4 Å². The number of hydrogen-bond acceptors (Lipinski definition) is 11. The fourth-order valence-corrected chi connectivity index (χ4v) is 6.76. The summed E-state index contributed by atoms with van der Waals surface area (Å²) in [5.41, 5.74) is 1.51. The summed E-state index contributed by atoms with van der Waals surface area (Å²) in [6.45, 7) is -0.184. The van der Waals surface area contributed by atoms with E-state index in [2.05, 4.69) is 15.5 Å². The number of alkyl halides is 3. The fourth-order valence-electron chi connectivity index (χ4n) is 6.64. The minimum absolute atomic E-state index is 0.0352. The molecule has 2 saturated heterocycles. The second-order valence-electron chi connectivity index (χ2n) is 13.6. The molecular formula is C37H42ClF3N6O7. The van der Waals surface area contributed by atoms with E-state index < -0.39 is 54.7 Å². The van der Waals surface area contributed by atoms with Gasteiger partial charge in [0.1, 0.15) is 24.1 Å². The predicted octanol–water partition coefficient (Wildman–Crippen LogP) is 3.69. The normalized spacial score (nSPS) is 21.0. The summed E-state index contributed by atoms with van der Waals surface area (Å²) >= 11 is 6.00. The zero-order valence-electron chi connectivity index (χ0n) is 29.3. The number of nitrogens with one attached hydrogen (secondary N) is 2. The van der Waals surface area contributed by atoms with Crippen molar-refractivity contribution in [2.75, 3.05) is 45.9 Å². The monoisotopic (exact) mass is 774 g/mol. The zero-order chi connectivity index (χ0) is 38.2. The maximum atomic E-state index is 13.7. The highest BCUT2D eigenvalue weighted by atomic mass is 35.5. The van der Waals surface area contributed by atoms with Crippen LogP contribution in [0, 0.1) is 5.92 Å². The quantitative estimate of drug-likeness (QED) is 0.148. The van der Waals surface area contributed by atoms with E-state index in [4.69, 9.17) is 25.2 Å². The van der Waals surface area contributed by atoms with Crippen LogP contribution in [0.2, 0.25) is 5.02 Å². The number of benzene rings is 2. The minimum atomic E-state index is -4.62. The molecule has 17 heteroatoms. The van der Waals surface area contributed by atoms with E-state index in [9.17, 15) is 33.0 Å². The molecule has 54 heavy (non-hydrogen) atoms. The number of carbonyl (C=O) groups is 2. The van der Waals surface area contributed by atoms with Gasteiger partial charge in [0, 0.05) is 61.3 Å². The van der Waals surface area contributed by atoms with Gasteiger partial charge in [-0.15, -0.1) is 10.2 Å². The minimum Gasteiger partial charge on any atom is -0.460 e. The van der Waals surface area contributed by atoms with Crippen LogP contribution in [0.25, 0.3) is 22.8 Å². The number of rotatable bonds is 14. The molecule has 0 spiro atoms. The first kappa shape index (κ1) is 39.4. The number of piperazine rings is 1. The summed E-state index contributed by atoms with van der Waals surface area (Å²) in [5.74, 6) is -0.567. The van der Waals surface area contributed by atoms with Crippen LogP contribution in [-0.4, -0.2) is 118 Å². The van der Waals surface area contributed by atoms with Crippen LogP contribution in [0.4, 0.5) is 13.2 Å². The molecule has 2 aromatic carbocycles. The number of halogens is 4. The van der Waals surface area contributed by atoms with Gasteiger partial charge in [0.25, 0.3) is 0 Å². The molecule has 2 aromatic heterocycles. The molecule has 6 rings (SSSR count). The number of β-amino-alcohol motifs (C(OH)–C–C–N with tert-alkyl or cyclic N) is 1. The average molecular weight is 775 g/mol. The lowest BCUT2D eigenvalue weighted by Gasteiger charge is -2.41. The Kier molecular flexibility index (Phi) is 13.0. The number of ether oxygens (including phenoxy) is 1. The number of aromatic nitrogens is 2. The maximum absolute atomic E-state index is 13.7. The summed E-state index contributed by atoms with van der Waals surface area (Å²) in [6.07, 6.45) is -6.47. The number of carbonyl (C=O) groups excluding carboxylic acids is 2. The summed E-state index contributed by atoms with van der Waals surface area (Å²) in [5, 5.41) is 35.5. The lowest BCUT2D eigenvalue weighted by Crippen LogP contribution is -2.60. The van der Waals surface area contributed by atoms with E-state index in [-0.39, 0.29) is 50.9 Å². The fraction of sp³-hybridized carbons (Fsp3) is 0.459. The van der Waals surface area contributed by atoms with Crippen LogP contribution < -0.4 is 10.6 Å². The van der Waals surface area contributed by atoms with Crippen LogP contribution in [-0.2, 0) is 27.3 Å². The molecule has 2 fully saturated rings. The summed E-state index contributed by atoms with van der Waals surface area (Å²) in [6, 6.07) is 18.2. The van der Waals surface area contributed by atoms with Gasteiger partial charge in [0.2, 0.25) is 23.6 Å². The van der Waals surface area contributed by atoms with E-state index in [1.54, 1.807) is 35.2 Å². The van der Waals surface area contributed by atoms with Crippen LogP contribution in [0.15, 0.2) is 75.6 Å². The van der Waals surface area contributed by atoms with Crippen molar-refractivity contribution in [2.24, 2.45) is 5.92 Å². The van der Waals surface area contributed by atoms with Crippen molar-refractivity contribution in [3.63, 3.8) is 0 Å². The molecule has 2 aliphatic heterocycles. The SMILES string of the molecule is O=C(N[C@H]1CCOC[C@H]1O)[C@H](Cc1nnc(-c2ccccc2)o1)C[C@H](O)CN1CCN(Cc2ccc(-c3ccc(Cl)cc3)o2)C[C@H]1C(=O)NCC(F)(F)F. The lowest BCUT2D eigenvalue weighted by molar-refractivity contribution is -0.143. The van der Waals surface area contributed by atoms with Crippen molar-refractivity contribution in [2.45, 2.75) is 56.3 Å². The van der Waals surface area contributed by atoms with Crippen molar-refractivity contribution in [1.82, 2.24) is 30.6 Å². The molecule has 5 atom stereocenters. The van der Waals surface area contributed by atoms with Crippen LogP contribution in [0.3, 0.4) is 0 Å². The van der Waals surface area contributed by atoms with Gasteiger partial charge in [-0.05, 0) is 61.4 Å². The van der Waals surface area contributed by atoms with E-state index in [0.717, 1.165) is 5.56 Å². The molecule has 2 amide bonds. The van der Waals surface area contributed by atoms with Crippen molar-refractivity contribution >= 4 is 23.4 Å². The molecule has 4 N–H and O–H groups in total. The van der Waals surface area contributed by atoms with Gasteiger partial charge in [-0.1, -0.05) is 29.8 Å². The summed E-state index contributed by atoms with van der Waals surface area (Å²) in [4.78, 5) is 30.5. The first-order valence-electron chi connectivity index (χ1n) is 17.7. The van der Waals surface area contributed by atoms with Crippen LogP contribution in [0.1, 0.15) is 24.5 Å². The highest BCUT2D eigenvalue weighted by molar-refractivity contribution is 6.30. The first-order chi connectivity index (χ1) is 25.9. The highest BCUT2D eigenvalue weighted by Crippen LogP contribution is 2.26. The van der Waals surface area contributed by atoms with Gasteiger partial charge >= 0.3 is 6.18 Å². The molecule has 0 saturated carbocycles. The van der Waals surface area contributed by atoms with Crippen molar-refractivity contribution in [3.8, 4) is 22.8 Å². The van der Waals surface area contributed by atoms with E-state index in [0.29, 0.717) is 48.2 Å². The smallest absolute Gasteiger partial charge is 0.405 e. The van der Waals surface area contributed by atoms with Gasteiger partial charge in [-0.25, -0.2) is 0 Å². The molecule has 4 aromatic rings. The van der Waals surface area contributed by atoms with Crippen LogP contribution in [0.5, 0.6) is 0 Å². The highest BCUT2D eigenvalue weighted by Gasteiger charge is 2.37. The largest absolute Gasteiger partial charge is 0.460 e. The van der Waals surface area contributed by atoms with Gasteiger partial charge in [-0.3, -0.25) is 19.4 Å². The van der Waals surface area contributed by atoms with Gasteiger partial charge in [0.15, 0.2) is 0 Å². The molecule has 0 bridgehead atoms. The third kappa shape index (κ3) is 10.9. The summed E-state index contributed by atoms with van der Waals surface area (Å²) in [7, 11) is 0. The maximum Gasteiger partial charge on any atom is 0.405 e. The topological polar surface area (TPSA) is 166 Å². The predicted molar refractivity (Wildman–Crippen MR) is 190 cm³/mol. The number of nitrogens with zero attached hydrogens (tertiary/aromatic N) is 4. The number of amides is 2. The molecule has 4 heterocycles. The Labute approximate surface area is 314 Å². The van der Waals surface area contributed by atoms with Crippen molar-refractivity contribution in [1.29, 1.82) is 0 Å². The number of aliphatic hydroxyl groups excluding tert-OH is 2. The van der Waals surface area contributed by atoms with Crippen molar-refractivity contribution in [3.05, 3.63) is 83.4 Å². The Morgan fingerprint density at radius 3 is 2.52 bits per heavy atom. The molecular weight excluding hydrogens is 733 g/mol. The van der Waals surface area contributed by atoms with Gasteiger partial charge in [-0.2, -0.15) is 13.2 Å². The zero-order valence-corrected chi connectivity index (χ0v) is 30.0. The van der Waals surface area contributed by atoms with E-state index >= 15 is 0 Å². The van der Waals surface area contributed by atoms with E-state index in [1.807, 2.05) is 46.6 Å². The average Bonchev–Trinajstić information content (AvgIpc) is 3.82. The number of furan rings is 1. The molecule has 290 valence electrons. The Morgan fingerprint density at radius 1 is 1.00 bits per heavy atom. The second kappa shape index (κ2) is 17.9. The number of aliphatic hydroxyl groups is 2. The Bertz CT molecular complexity index is 1830. The third-order valence-electron chi connectivity index (χ3n) is 9.45. The lowest BCUT2D eigenvalue weighted by atomic mass is 9.94. The Morgan fingerprint density at radius 2 is 1.78 bits per heavy atom. The standard InChI is InChI=1S/C37H42ClF3N6O7/c38-26-8-6-23(7-9-26)32-11-10-28(53-32)19-46-13-14-47(30(20-46)35(51)42-22-37(39,40)41)18-27(48)16-25(34(50)43-29-12-15-52-21-31(29)49)17-33-44-45-36(54-33)24-4-2-1-3-5-24/h1-11,25,27,29-31,48-49H,12-22H2,(H,42,51)(H,43,50)/t25-,27-,29-,30-,31+/m0/s1. The van der Waals surface area contributed by atoms with E-state index in [1.165, 1.54) is 0 Å². The second-order valence-corrected chi connectivity index (χ2v) is 14.0. The molecule has 2 aliphatic rings. The molecule has 0 radical (unpaired) electrons. The number of hydrogen-bond donors (Lipinski definition) is 4. The third-order valence-corrected chi connectivity index (χ3v) is 9.70. The van der Waals surface area contributed by atoms with Gasteiger partial charge in [0.05, 0.1) is 31.4 Å². The van der Waals surface area contributed by atoms with Crippen molar-refractivity contribution < 1.29 is 46.5 Å². The molecule has 13 nitrogen and oxygen atoms in total. The molecule has 0 aliphatic carbocycles. The molecule has 0 unspecified atom stereocenters. The van der Waals surface area contributed by atoms with Crippen LogP contribution >= 0.6 is 11.6 Å². The Balaban J connectivity index is 1.14. The Hall–Kier alpha value is -4.32.